The molecule has 0 spiro atoms. The summed E-state index contributed by atoms with van der Waals surface area (Å²) in [4.78, 5) is 4.57. The molecule has 0 aromatic heterocycles. The summed E-state index contributed by atoms with van der Waals surface area (Å²) >= 11 is 0. The average Bonchev–Trinajstić information content (AvgIpc) is 2.50. The van der Waals surface area contributed by atoms with Gasteiger partial charge >= 0.3 is 0 Å². The van der Waals surface area contributed by atoms with Gasteiger partial charge in [-0.25, -0.2) is 4.99 Å². The Morgan fingerprint density at radius 1 is 1.00 bits per heavy atom. The summed E-state index contributed by atoms with van der Waals surface area (Å²) in [5, 5.41) is 0. The molecule has 0 saturated carbocycles. The number of hydrogen-bond acceptors (Lipinski definition) is 1. The molecule has 21 heavy (non-hydrogen) atoms. The van der Waals surface area contributed by atoms with Gasteiger partial charge in [-0.1, -0.05) is 69.7 Å². The van der Waals surface area contributed by atoms with Crippen LogP contribution in [0.1, 0.15) is 76.3 Å². The second kappa shape index (κ2) is 11.1. The van der Waals surface area contributed by atoms with Gasteiger partial charge in [-0.05, 0) is 37.3 Å². The topological polar surface area (TPSA) is 12.4 Å². The van der Waals surface area contributed by atoms with Crippen LogP contribution >= 0.6 is 0 Å². The van der Waals surface area contributed by atoms with Gasteiger partial charge in [0.15, 0.2) is 0 Å². The van der Waals surface area contributed by atoms with Gasteiger partial charge < -0.3 is 0 Å². The van der Waals surface area contributed by atoms with E-state index in [1.807, 2.05) is 0 Å². The van der Waals surface area contributed by atoms with Crippen molar-refractivity contribution in [2.24, 2.45) is 4.99 Å². The molecule has 1 aromatic rings. The van der Waals surface area contributed by atoms with Crippen LogP contribution in [-0.2, 0) is 0 Å². The molecule has 0 unspecified atom stereocenters. The standard InChI is InChI=1S/C20H29N/c1-4-6-8-9-10-13-17-21-20(16-7-5-2)19-15-12-11-14-18(19)3/h11-12,14-15H,4-10,16H2,1-3H3. The summed E-state index contributed by atoms with van der Waals surface area (Å²) in [5.41, 5.74) is 3.69. The first kappa shape index (κ1) is 17.5. The highest BCUT2D eigenvalue weighted by Crippen LogP contribution is 2.13. The third-order valence-corrected chi connectivity index (χ3v) is 3.65. The van der Waals surface area contributed by atoms with Crippen LogP contribution in [0.15, 0.2) is 29.3 Å². The minimum Gasteiger partial charge on any atom is -0.202 e. The van der Waals surface area contributed by atoms with E-state index in [-0.39, 0.29) is 0 Å². The molecule has 0 fully saturated rings. The van der Waals surface area contributed by atoms with Gasteiger partial charge in [0.2, 0.25) is 0 Å². The molecule has 0 N–H and O–H groups in total. The van der Waals surface area contributed by atoms with Crippen molar-refractivity contribution in [3.63, 3.8) is 0 Å². The van der Waals surface area contributed by atoms with Crippen LogP contribution in [0.25, 0.3) is 0 Å². The van der Waals surface area contributed by atoms with Crippen molar-refractivity contribution in [3.8, 4) is 12.0 Å². The number of hydrogen-bond donors (Lipinski definition) is 0. The summed E-state index contributed by atoms with van der Waals surface area (Å²) in [6.45, 7) is 6.60. The average molecular weight is 283 g/mol. The zero-order valence-corrected chi connectivity index (χ0v) is 13.9. The minimum absolute atomic E-state index is 0.971. The van der Waals surface area contributed by atoms with Gasteiger partial charge in [-0.3, -0.25) is 0 Å². The Kier molecular flexibility index (Phi) is 9.29. The largest absolute Gasteiger partial charge is 0.202 e. The van der Waals surface area contributed by atoms with Crippen LogP contribution in [0.3, 0.4) is 0 Å². The summed E-state index contributed by atoms with van der Waals surface area (Å²) in [7, 11) is 0. The summed E-state index contributed by atoms with van der Waals surface area (Å²) in [5.74, 6) is 3.20. The number of rotatable bonds is 8. The van der Waals surface area contributed by atoms with E-state index in [0.717, 1.165) is 18.6 Å². The molecule has 0 radical (unpaired) electrons. The third-order valence-electron chi connectivity index (χ3n) is 3.65. The monoisotopic (exact) mass is 283 g/mol. The van der Waals surface area contributed by atoms with Crippen LogP contribution < -0.4 is 0 Å². The van der Waals surface area contributed by atoms with E-state index < -0.39 is 0 Å². The van der Waals surface area contributed by atoms with Crippen molar-refractivity contribution >= 4 is 5.71 Å². The highest BCUT2D eigenvalue weighted by Gasteiger charge is 2.05. The number of nitrogens with zero attached hydrogens (tertiary/aromatic N) is 1. The predicted octanol–water partition coefficient (Wildman–Crippen LogP) is 5.91. The maximum Gasteiger partial charge on any atom is 0.0585 e. The van der Waals surface area contributed by atoms with E-state index in [1.165, 1.54) is 49.7 Å². The zero-order chi connectivity index (χ0) is 15.3. The van der Waals surface area contributed by atoms with Crippen molar-refractivity contribution in [1.82, 2.24) is 0 Å². The lowest BCUT2D eigenvalue weighted by molar-refractivity contribution is 0.679. The lowest BCUT2D eigenvalue weighted by Crippen LogP contribution is -2.02. The SMILES string of the molecule is CCCCCCC#CN=C(CCCC)c1ccccc1C. The molecule has 0 aliphatic rings. The molecule has 0 atom stereocenters. The molecule has 1 rings (SSSR count). The maximum atomic E-state index is 4.57. The quantitative estimate of drug-likeness (QED) is 0.320. The molecule has 0 aliphatic carbocycles. The van der Waals surface area contributed by atoms with Crippen LogP contribution in [0.2, 0.25) is 0 Å². The highest BCUT2D eigenvalue weighted by molar-refractivity contribution is 6.02. The second-order valence-electron chi connectivity index (χ2n) is 5.58. The smallest absolute Gasteiger partial charge is 0.0585 e. The highest BCUT2D eigenvalue weighted by atomic mass is 14.7. The van der Waals surface area contributed by atoms with Gasteiger partial charge in [0.25, 0.3) is 0 Å². The summed E-state index contributed by atoms with van der Waals surface area (Å²) < 4.78 is 0. The van der Waals surface area contributed by atoms with E-state index in [2.05, 4.69) is 62.0 Å². The fourth-order valence-corrected chi connectivity index (χ4v) is 2.29. The van der Waals surface area contributed by atoms with Crippen LogP contribution in [0, 0.1) is 18.9 Å². The van der Waals surface area contributed by atoms with Gasteiger partial charge in [0.1, 0.15) is 0 Å². The molecular formula is C20H29N. The minimum atomic E-state index is 0.971. The van der Waals surface area contributed by atoms with Crippen molar-refractivity contribution < 1.29 is 0 Å². The Morgan fingerprint density at radius 2 is 1.76 bits per heavy atom. The molecule has 1 nitrogen and oxygen atoms in total. The fourth-order valence-electron chi connectivity index (χ4n) is 2.29. The zero-order valence-electron chi connectivity index (χ0n) is 13.9. The molecule has 0 heterocycles. The predicted molar refractivity (Wildman–Crippen MR) is 93.8 cm³/mol. The first-order valence-electron chi connectivity index (χ1n) is 8.40. The lowest BCUT2D eigenvalue weighted by atomic mass is 10.0. The molecular weight excluding hydrogens is 254 g/mol. The summed E-state index contributed by atoms with van der Waals surface area (Å²) in [6, 6.07) is 11.5. The van der Waals surface area contributed by atoms with Gasteiger partial charge in [-0.2, -0.15) is 0 Å². The van der Waals surface area contributed by atoms with Gasteiger partial charge in [-0.15, -0.1) is 0 Å². The Morgan fingerprint density at radius 3 is 2.48 bits per heavy atom. The third kappa shape index (κ3) is 7.14. The van der Waals surface area contributed by atoms with Crippen molar-refractivity contribution in [1.29, 1.82) is 0 Å². The van der Waals surface area contributed by atoms with E-state index in [9.17, 15) is 0 Å². The van der Waals surface area contributed by atoms with Crippen molar-refractivity contribution in [2.45, 2.75) is 72.1 Å². The Labute approximate surface area is 130 Å². The number of benzene rings is 1. The Bertz CT molecular complexity index is 488. The molecule has 114 valence electrons. The maximum absolute atomic E-state index is 4.57. The lowest BCUT2D eigenvalue weighted by Gasteiger charge is -2.07. The first-order valence-corrected chi connectivity index (χ1v) is 8.40. The first-order chi connectivity index (χ1) is 10.3. The van der Waals surface area contributed by atoms with Gasteiger partial charge in [0, 0.05) is 12.5 Å². The van der Waals surface area contributed by atoms with Crippen LogP contribution in [0.4, 0.5) is 0 Å². The van der Waals surface area contributed by atoms with Crippen LogP contribution in [-0.4, -0.2) is 5.71 Å². The molecule has 0 saturated heterocycles. The molecule has 1 aromatic carbocycles. The van der Waals surface area contributed by atoms with E-state index >= 15 is 0 Å². The second-order valence-corrected chi connectivity index (χ2v) is 5.58. The summed E-state index contributed by atoms with van der Waals surface area (Å²) in [6.07, 6.45) is 9.43. The fraction of sp³-hybridized carbons (Fsp3) is 0.550. The Balaban J connectivity index is 2.67. The van der Waals surface area contributed by atoms with Crippen molar-refractivity contribution in [3.05, 3.63) is 35.4 Å². The normalized spacial score (nSPS) is 11.1. The number of aryl methyl sites for hydroxylation is 1. The van der Waals surface area contributed by atoms with Gasteiger partial charge in [0.05, 0.1) is 5.71 Å². The van der Waals surface area contributed by atoms with E-state index in [4.69, 9.17) is 0 Å². The molecule has 0 bridgehead atoms. The number of aliphatic imine (C=N–C) groups is 1. The molecule has 1 heteroatoms. The molecule has 0 aliphatic heterocycles. The number of unbranched alkanes of at least 4 members (excludes halogenated alkanes) is 5. The van der Waals surface area contributed by atoms with Crippen molar-refractivity contribution in [2.75, 3.05) is 0 Å². The van der Waals surface area contributed by atoms with E-state index in [0.29, 0.717) is 0 Å². The van der Waals surface area contributed by atoms with E-state index in [1.54, 1.807) is 0 Å². The molecule has 0 amide bonds. The van der Waals surface area contributed by atoms with Crippen LogP contribution in [0.5, 0.6) is 0 Å². The Hall–Kier alpha value is -1.55.